The summed E-state index contributed by atoms with van der Waals surface area (Å²) in [6.07, 6.45) is 6.27. The number of nitro benzene ring substituents is 1. The topological polar surface area (TPSA) is 73.0 Å². The van der Waals surface area contributed by atoms with E-state index in [1.807, 2.05) is 23.8 Å². The van der Waals surface area contributed by atoms with Crippen LogP contribution in [0.2, 0.25) is 0 Å². The molecular formula is C13H16N4O2. The van der Waals surface area contributed by atoms with Gasteiger partial charge in [0, 0.05) is 31.5 Å². The highest BCUT2D eigenvalue weighted by Gasteiger charge is 2.12. The van der Waals surface area contributed by atoms with Gasteiger partial charge in [-0.3, -0.25) is 10.1 Å². The van der Waals surface area contributed by atoms with Gasteiger partial charge in [-0.1, -0.05) is 6.07 Å². The molecule has 0 spiro atoms. The first kappa shape index (κ1) is 13.1. The van der Waals surface area contributed by atoms with Gasteiger partial charge in [0.05, 0.1) is 11.3 Å². The Morgan fingerprint density at radius 3 is 3.00 bits per heavy atom. The Kier molecular flexibility index (Phi) is 4.12. The number of nitrogens with one attached hydrogen (secondary N) is 1. The van der Waals surface area contributed by atoms with E-state index in [0.717, 1.165) is 18.5 Å². The number of hydrogen-bond acceptors (Lipinski definition) is 4. The molecule has 0 aliphatic rings. The number of rotatable bonds is 6. The van der Waals surface area contributed by atoms with Crippen LogP contribution < -0.4 is 5.32 Å². The molecule has 19 heavy (non-hydrogen) atoms. The maximum absolute atomic E-state index is 10.9. The SMILES string of the molecule is Cc1ccc(NCCCn2ccnc2)c([N+](=O)[O-])c1. The Labute approximate surface area is 111 Å². The zero-order chi connectivity index (χ0) is 13.7. The van der Waals surface area contributed by atoms with Crippen LogP contribution >= 0.6 is 0 Å². The molecule has 0 aliphatic heterocycles. The molecule has 0 aliphatic carbocycles. The molecule has 1 N–H and O–H groups in total. The van der Waals surface area contributed by atoms with Crippen LogP contribution in [0, 0.1) is 17.0 Å². The summed E-state index contributed by atoms with van der Waals surface area (Å²) >= 11 is 0. The lowest BCUT2D eigenvalue weighted by Gasteiger charge is -2.08. The zero-order valence-corrected chi connectivity index (χ0v) is 10.7. The second-order valence-corrected chi connectivity index (χ2v) is 4.36. The highest BCUT2D eigenvalue weighted by Crippen LogP contribution is 2.25. The van der Waals surface area contributed by atoms with Gasteiger partial charge in [0.2, 0.25) is 0 Å². The molecule has 0 atom stereocenters. The first-order valence-electron chi connectivity index (χ1n) is 6.11. The third-order valence-electron chi connectivity index (χ3n) is 2.82. The van der Waals surface area contributed by atoms with Crippen LogP contribution in [0.25, 0.3) is 0 Å². The van der Waals surface area contributed by atoms with Crippen molar-refractivity contribution in [2.45, 2.75) is 19.9 Å². The third kappa shape index (κ3) is 3.54. The van der Waals surface area contributed by atoms with Gasteiger partial charge in [0.15, 0.2) is 0 Å². The van der Waals surface area contributed by atoms with Crippen molar-refractivity contribution in [3.05, 3.63) is 52.6 Å². The van der Waals surface area contributed by atoms with Crippen molar-refractivity contribution in [1.82, 2.24) is 9.55 Å². The van der Waals surface area contributed by atoms with E-state index in [1.54, 1.807) is 24.7 Å². The Bertz CT molecular complexity index is 552. The predicted molar refractivity (Wildman–Crippen MR) is 73.2 cm³/mol. The molecule has 1 aromatic heterocycles. The largest absolute Gasteiger partial charge is 0.379 e. The predicted octanol–water partition coefficient (Wildman–Crippen LogP) is 2.60. The van der Waals surface area contributed by atoms with E-state index in [0.29, 0.717) is 12.2 Å². The molecule has 6 nitrogen and oxygen atoms in total. The number of benzene rings is 1. The van der Waals surface area contributed by atoms with E-state index in [9.17, 15) is 10.1 Å². The van der Waals surface area contributed by atoms with Crippen molar-refractivity contribution in [2.75, 3.05) is 11.9 Å². The van der Waals surface area contributed by atoms with E-state index in [1.165, 1.54) is 0 Å². The minimum Gasteiger partial charge on any atom is -0.379 e. The van der Waals surface area contributed by atoms with Crippen molar-refractivity contribution < 1.29 is 4.92 Å². The second kappa shape index (κ2) is 5.99. The summed E-state index contributed by atoms with van der Waals surface area (Å²) in [6.45, 7) is 3.37. The molecule has 2 rings (SSSR count). The maximum Gasteiger partial charge on any atom is 0.292 e. The van der Waals surface area contributed by atoms with Gasteiger partial charge < -0.3 is 9.88 Å². The third-order valence-corrected chi connectivity index (χ3v) is 2.82. The lowest BCUT2D eigenvalue weighted by molar-refractivity contribution is -0.384. The number of hydrogen-bond donors (Lipinski definition) is 1. The van der Waals surface area contributed by atoms with Crippen LogP contribution in [0.1, 0.15) is 12.0 Å². The first-order chi connectivity index (χ1) is 9.16. The Balaban J connectivity index is 1.90. The fourth-order valence-corrected chi connectivity index (χ4v) is 1.85. The number of anilines is 1. The summed E-state index contributed by atoms with van der Waals surface area (Å²) in [5.41, 5.74) is 1.58. The van der Waals surface area contributed by atoms with Gasteiger partial charge in [0.25, 0.3) is 5.69 Å². The number of imidazole rings is 1. The van der Waals surface area contributed by atoms with E-state index >= 15 is 0 Å². The Hall–Kier alpha value is -2.37. The smallest absolute Gasteiger partial charge is 0.292 e. The van der Waals surface area contributed by atoms with Crippen molar-refractivity contribution in [3.63, 3.8) is 0 Å². The van der Waals surface area contributed by atoms with Gasteiger partial charge in [-0.05, 0) is 25.0 Å². The van der Waals surface area contributed by atoms with Crippen LogP contribution in [-0.2, 0) is 6.54 Å². The molecule has 0 saturated heterocycles. The lowest BCUT2D eigenvalue weighted by Crippen LogP contribution is -2.07. The molecule has 0 amide bonds. The van der Waals surface area contributed by atoms with E-state index in [-0.39, 0.29) is 10.6 Å². The van der Waals surface area contributed by atoms with Gasteiger partial charge >= 0.3 is 0 Å². The fraction of sp³-hybridized carbons (Fsp3) is 0.308. The minimum atomic E-state index is -0.356. The molecule has 0 saturated carbocycles. The standard InChI is InChI=1S/C13H16N4O2/c1-11-3-4-12(13(9-11)17(18)19)15-5-2-7-16-8-6-14-10-16/h3-4,6,8-10,15H,2,5,7H2,1H3. The van der Waals surface area contributed by atoms with E-state index in [4.69, 9.17) is 0 Å². The Morgan fingerprint density at radius 2 is 2.32 bits per heavy atom. The fourth-order valence-electron chi connectivity index (χ4n) is 1.85. The quantitative estimate of drug-likeness (QED) is 0.492. The van der Waals surface area contributed by atoms with Gasteiger partial charge in [-0.25, -0.2) is 4.98 Å². The second-order valence-electron chi connectivity index (χ2n) is 4.36. The minimum absolute atomic E-state index is 0.127. The van der Waals surface area contributed by atoms with Gasteiger partial charge in [0.1, 0.15) is 5.69 Å². The molecule has 0 fully saturated rings. The molecule has 0 unspecified atom stereocenters. The van der Waals surface area contributed by atoms with Crippen LogP contribution in [0.3, 0.4) is 0 Å². The average molecular weight is 260 g/mol. The van der Waals surface area contributed by atoms with Crippen molar-refractivity contribution >= 4 is 11.4 Å². The van der Waals surface area contributed by atoms with Crippen LogP contribution in [0.15, 0.2) is 36.9 Å². The average Bonchev–Trinajstić information content (AvgIpc) is 2.89. The summed E-state index contributed by atoms with van der Waals surface area (Å²) in [5, 5.41) is 14.1. The summed E-state index contributed by atoms with van der Waals surface area (Å²) in [7, 11) is 0. The van der Waals surface area contributed by atoms with Crippen molar-refractivity contribution in [2.24, 2.45) is 0 Å². The molecule has 0 radical (unpaired) electrons. The van der Waals surface area contributed by atoms with Crippen LogP contribution in [0.5, 0.6) is 0 Å². The maximum atomic E-state index is 10.9. The molecule has 2 aromatic rings. The lowest BCUT2D eigenvalue weighted by atomic mass is 10.2. The first-order valence-corrected chi connectivity index (χ1v) is 6.11. The van der Waals surface area contributed by atoms with Crippen LogP contribution in [0.4, 0.5) is 11.4 Å². The molecule has 1 aromatic carbocycles. The monoisotopic (exact) mass is 260 g/mol. The Morgan fingerprint density at radius 1 is 1.47 bits per heavy atom. The number of aromatic nitrogens is 2. The molecule has 0 bridgehead atoms. The van der Waals surface area contributed by atoms with Crippen molar-refractivity contribution in [1.29, 1.82) is 0 Å². The molecule has 1 heterocycles. The molecule has 6 heteroatoms. The normalized spacial score (nSPS) is 10.4. The zero-order valence-electron chi connectivity index (χ0n) is 10.7. The van der Waals surface area contributed by atoms with Gasteiger partial charge in [-0.2, -0.15) is 0 Å². The highest BCUT2D eigenvalue weighted by molar-refractivity contribution is 5.62. The number of nitrogens with zero attached hydrogens (tertiary/aromatic N) is 3. The van der Waals surface area contributed by atoms with E-state index < -0.39 is 0 Å². The summed E-state index contributed by atoms with van der Waals surface area (Å²) in [6, 6.07) is 5.20. The van der Waals surface area contributed by atoms with E-state index in [2.05, 4.69) is 10.3 Å². The highest BCUT2D eigenvalue weighted by atomic mass is 16.6. The molecule has 100 valence electrons. The summed E-state index contributed by atoms with van der Waals surface area (Å²) in [5.74, 6) is 0. The number of aryl methyl sites for hydroxylation is 2. The molecular weight excluding hydrogens is 244 g/mol. The van der Waals surface area contributed by atoms with Crippen LogP contribution in [-0.4, -0.2) is 21.0 Å². The van der Waals surface area contributed by atoms with Gasteiger partial charge in [-0.15, -0.1) is 0 Å². The summed E-state index contributed by atoms with van der Waals surface area (Å²) in [4.78, 5) is 14.5. The number of nitro groups is 1. The van der Waals surface area contributed by atoms with Crippen molar-refractivity contribution in [3.8, 4) is 0 Å². The summed E-state index contributed by atoms with van der Waals surface area (Å²) < 4.78 is 1.98.